The summed E-state index contributed by atoms with van der Waals surface area (Å²) in [6.45, 7) is 3.60. The number of carbonyl (C=O) groups is 1. The van der Waals surface area contributed by atoms with Crippen LogP contribution in [0.5, 0.6) is 0 Å². The number of pyridine rings is 1. The summed E-state index contributed by atoms with van der Waals surface area (Å²) in [5, 5.41) is 3.81. The van der Waals surface area contributed by atoms with Crippen molar-refractivity contribution in [2.75, 3.05) is 37.0 Å². The van der Waals surface area contributed by atoms with Gasteiger partial charge in [0, 0.05) is 30.9 Å². The number of rotatable bonds is 8. The van der Waals surface area contributed by atoms with E-state index in [1.807, 2.05) is 54.6 Å². The molecule has 1 unspecified atom stereocenters. The zero-order valence-corrected chi connectivity index (χ0v) is 19.3. The molecule has 1 N–H and O–H groups in total. The molecule has 5 nitrogen and oxygen atoms in total. The molecule has 1 atom stereocenters. The number of thioether (sulfide) groups is 1. The maximum atomic E-state index is 12.6. The summed E-state index contributed by atoms with van der Waals surface area (Å²) in [5.74, 6) is 1.31. The molecular formula is C25H26ClN3O2S. The first-order valence-electron chi connectivity index (χ1n) is 10.7. The topological polar surface area (TPSA) is 54.5 Å². The number of halogens is 1. The fraction of sp³-hybridized carbons (Fsp3) is 0.280. The first kappa shape index (κ1) is 22.6. The first-order valence-corrected chi connectivity index (χ1v) is 12.1. The van der Waals surface area contributed by atoms with Gasteiger partial charge < -0.3 is 15.0 Å². The second kappa shape index (κ2) is 11.4. The molecule has 4 rings (SSSR count). The molecule has 0 spiro atoms. The molecule has 0 saturated carbocycles. The Kier molecular flexibility index (Phi) is 8.04. The predicted octanol–water partition coefficient (Wildman–Crippen LogP) is 4.71. The second-order valence-electron chi connectivity index (χ2n) is 7.55. The number of nitrogens with one attached hydrogen (secondary N) is 1. The van der Waals surface area contributed by atoms with E-state index < -0.39 is 0 Å². The smallest absolute Gasteiger partial charge is 0.230 e. The van der Waals surface area contributed by atoms with Crippen molar-refractivity contribution in [3.63, 3.8) is 0 Å². The monoisotopic (exact) mass is 467 g/mol. The molecule has 0 radical (unpaired) electrons. The Morgan fingerprint density at radius 1 is 1.06 bits per heavy atom. The lowest BCUT2D eigenvalue weighted by Crippen LogP contribution is -2.36. The van der Waals surface area contributed by atoms with Crippen LogP contribution in [0.2, 0.25) is 5.02 Å². The van der Waals surface area contributed by atoms with E-state index in [4.69, 9.17) is 16.3 Å². The summed E-state index contributed by atoms with van der Waals surface area (Å²) in [6, 6.07) is 22.0. The van der Waals surface area contributed by atoms with Crippen LogP contribution in [0.3, 0.4) is 0 Å². The molecule has 1 amide bonds. The van der Waals surface area contributed by atoms with Crippen molar-refractivity contribution in [1.29, 1.82) is 0 Å². The van der Waals surface area contributed by atoms with Gasteiger partial charge in [-0.3, -0.25) is 4.79 Å². The average Bonchev–Trinajstić information content (AvgIpc) is 2.85. The number of amides is 1. The maximum Gasteiger partial charge on any atom is 0.230 e. The number of anilines is 1. The molecule has 2 heterocycles. The summed E-state index contributed by atoms with van der Waals surface area (Å²) in [7, 11) is 0. The molecule has 0 aliphatic carbocycles. The molecule has 1 fully saturated rings. The minimum Gasteiger partial charge on any atom is -0.378 e. The first-order chi connectivity index (χ1) is 15.7. The van der Waals surface area contributed by atoms with Gasteiger partial charge in [-0.05, 0) is 41.0 Å². The Hall–Kier alpha value is -2.54. The summed E-state index contributed by atoms with van der Waals surface area (Å²) in [4.78, 5) is 19.3. The van der Waals surface area contributed by atoms with Crippen LogP contribution in [0.25, 0.3) is 0 Å². The van der Waals surface area contributed by atoms with Crippen LogP contribution in [0.4, 0.5) is 5.82 Å². The van der Waals surface area contributed by atoms with Crippen LogP contribution >= 0.6 is 23.4 Å². The van der Waals surface area contributed by atoms with Crippen LogP contribution < -0.4 is 10.2 Å². The molecule has 1 aliphatic rings. The Bertz CT molecular complexity index is 1010. The van der Waals surface area contributed by atoms with Gasteiger partial charge in [0.1, 0.15) is 5.82 Å². The number of ether oxygens (including phenoxy) is 1. The van der Waals surface area contributed by atoms with E-state index in [1.54, 1.807) is 18.0 Å². The van der Waals surface area contributed by atoms with Crippen molar-refractivity contribution in [1.82, 2.24) is 10.3 Å². The van der Waals surface area contributed by atoms with Crippen molar-refractivity contribution in [3.05, 3.63) is 94.6 Å². The quantitative estimate of drug-likeness (QED) is 0.520. The molecule has 1 saturated heterocycles. The molecule has 0 bridgehead atoms. The lowest BCUT2D eigenvalue weighted by Gasteiger charge is -2.28. The van der Waals surface area contributed by atoms with E-state index in [0.717, 1.165) is 48.8 Å². The molecular weight excluding hydrogens is 442 g/mol. The van der Waals surface area contributed by atoms with Gasteiger partial charge in [0.15, 0.2) is 0 Å². The lowest BCUT2D eigenvalue weighted by molar-refractivity contribution is -0.118. The predicted molar refractivity (Wildman–Crippen MR) is 131 cm³/mol. The molecule has 1 aromatic heterocycles. The number of nitrogens with zero attached hydrogens (tertiary/aromatic N) is 2. The van der Waals surface area contributed by atoms with Crippen molar-refractivity contribution >= 4 is 35.1 Å². The highest BCUT2D eigenvalue weighted by Gasteiger charge is 2.17. The third-order valence-electron chi connectivity index (χ3n) is 5.29. The van der Waals surface area contributed by atoms with Crippen LogP contribution in [0.15, 0.2) is 72.9 Å². The number of aromatic nitrogens is 1. The summed E-state index contributed by atoms with van der Waals surface area (Å²) in [5.41, 5.74) is 3.33. The average molecular weight is 468 g/mol. The Labute approximate surface area is 198 Å². The Morgan fingerprint density at radius 3 is 2.53 bits per heavy atom. The Morgan fingerprint density at radius 2 is 1.78 bits per heavy atom. The van der Waals surface area contributed by atoms with E-state index in [0.29, 0.717) is 17.3 Å². The van der Waals surface area contributed by atoms with Gasteiger partial charge >= 0.3 is 0 Å². The molecule has 1 aliphatic heterocycles. The van der Waals surface area contributed by atoms with Gasteiger partial charge in [-0.25, -0.2) is 4.98 Å². The largest absolute Gasteiger partial charge is 0.378 e. The van der Waals surface area contributed by atoms with Gasteiger partial charge in [0.2, 0.25) is 5.91 Å². The van der Waals surface area contributed by atoms with Gasteiger partial charge in [0.05, 0.1) is 24.2 Å². The fourth-order valence-electron chi connectivity index (χ4n) is 3.60. The summed E-state index contributed by atoms with van der Waals surface area (Å²) in [6.07, 6.45) is 1.80. The lowest BCUT2D eigenvalue weighted by atomic mass is 10.0. The highest BCUT2D eigenvalue weighted by atomic mass is 35.5. The van der Waals surface area contributed by atoms with Crippen LogP contribution in [0, 0.1) is 0 Å². The van der Waals surface area contributed by atoms with Gasteiger partial charge in [-0.15, -0.1) is 11.8 Å². The highest BCUT2D eigenvalue weighted by Crippen LogP contribution is 2.35. The van der Waals surface area contributed by atoms with Crippen molar-refractivity contribution in [3.8, 4) is 0 Å². The van der Waals surface area contributed by atoms with E-state index in [-0.39, 0.29) is 11.2 Å². The zero-order chi connectivity index (χ0) is 22.2. The fourth-order valence-corrected chi connectivity index (χ4v) is 4.84. The minimum absolute atomic E-state index is 0.00892. The summed E-state index contributed by atoms with van der Waals surface area (Å²) >= 11 is 7.68. The molecule has 166 valence electrons. The molecule has 3 aromatic rings. The van der Waals surface area contributed by atoms with Crippen molar-refractivity contribution in [2.24, 2.45) is 0 Å². The van der Waals surface area contributed by atoms with E-state index in [9.17, 15) is 4.79 Å². The normalized spacial score (nSPS) is 14.7. The SMILES string of the molecule is O=C(CSC(c1ccccc1)c1ccc(Cl)cc1)NCc1ccnc(N2CCOCC2)c1. The second-order valence-corrected chi connectivity index (χ2v) is 9.08. The summed E-state index contributed by atoms with van der Waals surface area (Å²) < 4.78 is 5.41. The zero-order valence-electron chi connectivity index (χ0n) is 17.7. The standard InChI is InChI=1S/C25H26ClN3O2S/c26-22-8-6-21(7-9-22)25(20-4-2-1-3-5-20)32-18-24(30)28-17-19-10-11-27-23(16-19)29-12-14-31-15-13-29/h1-11,16,25H,12-15,17-18H2,(H,28,30). The molecule has 7 heteroatoms. The Balaban J connectivity index is 1.35. The third-order valence-corrected chi connectivity index (χ3v) is 6.85. The number of hydrogen-bond acceptors (Lipinski definition) is 5. The minimum atomic E-state index is 0.00892. The van der Waals surface area contributed by atoms with Crippen LogP contribution in [-0.2, 0) is 16.1 Å². The number of benzene rings is 2. The van der Waals surface area contributed by atoms with Crippen molar-refractivity contribution < 1.29 is 9.53 Å². The van der Waals surface area contributed by atoms with E-state index in [2.05, 4.69) is 27.3 Å². The van der Waals surface area contributed by atoms with Crippen LogP contribution in [0.1, 0.15) is 21.9 Å². The number of hydrogen-bond donors (Lipinski definition) is 1. The van der Waals surface area contributed by atoms with E-state index >= 15 is 0 Å². The van der Waals surface area contributed by atoms with Gasteiger partial charge in [0.25, 0.3) is 0 Å². The highest BCUT2D eigenvalue weighted by molar-refractivity contribution is 8.00. The molecule has 32 heavy (non-hydrogen) atoms. The molecule has 2 aromatic carbocycles. The van der Waals surface area contributed by atoms with Crippen LogP contribution in [-0.4, -0.2) is 42.9 Å². The van der Waals surface area contributed by atoms with E-state index in [1.165, 1.54) is 0 Å². The third kappa shape index (κ3) is 6.25. The van der Waals surface area contributed by atoms with Gasteiger partial charge in [-0.1, -0.05) is 54.1 Å². The number of carbonyl (C=O) groups excluding carboxylic acids is 1. The maximum absolute atomic E-state index is 12.6. The number of morpholine rings is 1. The van der Waals surface area contributed by atoms with Crippen molar-refractivity contribution in [2.45, 2.75) is 11.8 Å². The van der Waals surface area contributed by atoms with Gasteiger partial charge in [-0.2, -0.15) is 0 Å².